The fraction of sp³-hybridized carbons (Fsp3) is 0.200. The third-order valence-electron chi connectivity index (χ3n) is 1.94. The zero-order valence-electron chi connectivity index (χ0n) is 9.09. The Balaban J connectivity index is 3.31. The van der Waals surface area contributed by atoms with Gasteiger partial charge in [-0.1, -0.05) is 11.8 Å². The lowest BCUT2D eigenvalue weighted by molar-refractivity contribution is -0.385. The molecule has 1 rings (SSSR count). The maximum Gasteiger partial charge on any atom is 0.286 e. The molecule has 1 aromatic carbocycles. The van der Waals surface area contributed by atoms with Crippen LogP contribution in [0.1, 0.15) is 12.0 Å². The number of nitrogens with zero attached hydrogens (tertiary/aromatic N) is 1. The second-order valence-corrected chi connectivity index (χ2v) is 5.78. The smallest absolute Gasteiger partial charge is 0.286 e. The average Bonchev–Trinajstić information content (AvgIpc) is 2.28. The number of nitro benzene ring substituents is 1. The molecule has 0 amide bonds. The zero-order valence-corrected chi connectivity index (χ0v) is 10.7. The molecule has 0 saturated carbocycles. The van der Waals surface area contributed by atoms with Crippen molar-refractivity contribution in [2.45, 2.75) is 11.3 Å². The number of hydrogen-bond donors (Lipinski definition) is 1. The number of benzene rings is 1. The standard InChI is InChI=1S/C10H9ClN2O4S/c11-18(16,17)9-5-4-8(3-1-2-6-12)10(7-9)13(14)15/h4-5,7H,2,6,12H2. The number of rotatable bonds is 3. The Hall–Kier alpha value is -1.62. The highest BCUT2D eigenvalue weighted by atomic mass is 35.7. The van der Waals surface area contributed by atoms with Crippen LogP contribution >= 0.6 is 10.7 Å². The molecule has 0 aliphatic carbocycles. The Kier molecular flexibility index (Phi) is 4.67. The van der Waals surface area contributed by atoms with E-state index in [2.05, 4.69) is 11.8 Å². The SMILES string of the molecule is NCCC#Cc1ccc(S(=O)(=O)Cl)cc1[N+](=O)[O-]. The summed E-state index contributed by atoms with van der Waals surface area (Å²) in [5.41, 5.74) is 4.96. The first kappa shape index (κ1) is 14.4. The van der Waals surface area contributed by atoms with Gasteiger partial charge in [-0.15, -0.1) is 0 Å². The number of nitrogens with two attached hydrogens (primary N) is 1. The van der Waals surface area contributed by atoms with Gasteiger partial charge in [0.1, 0.15) is 5.56 Å². The summed E-state index contributed by atoms with van der Waals surface area (Å²) in [6.45, 7) is 0.342. The van der Waals surface area contributed by atoms with Crippen molar-refractivity contribution in [3.05, 3.63) is 33.9 Å². The molecule has 0 radical (unpaired) electrons. The predicted octanol–water partition coefficient (Wildman–Crippen LogP) is 1.22. The van der Waals surface area contributed by atoms with Crippen LogP contribution in [0.25, 0.3) is 0 Å². The monoisotopic (exact) mass is 288 g/mol. The van der Waals surface area contributed by atoms with Gasteiger partial charge in [0.2, 0.25) is 0 Å². The number of nitro groups is 1. The first-order valence-corrected chi connectivity index (χ1v) is 7.09. The molecule has 0 bridgehead atoms. The van der Waals surface area contributed by atoms with Crippen LogP contribution in [0.15, 0.2) is 23.1 Å². The summed E-state index contributed by atoms with van der Waals surface area (Å²) in [5, 5.41) is 10.8. The third-order valence-corrected chi connectivity index (χ3v) is 3.29. The van der Waals surface area contributed by atoms with Gasteiger partial charge in [-0.25, -0.2) is 8.42 Å². The predicted molar refractivity (Wildman–Crippen MR) is 66.7 cm³/mol. The third kappa shape index (κ3) is 3.70. The molecule has 0 fully saturated rings. The van der Waals surface area contributed by atoms with Gasteiger partial charge in [0, 0.05) is 29.7 Å². The molecule has 0 aromatic heterocycles. The van der Waals surface area contributed by atoms with Crippen LogP contribution in [0.5, 0.6) is 0 Å². The van der Waals surface area contributed by atoms with Crippen LogP contribution in [0.2, 0.25) is 0 Å². The van der Waals surface area contributed by atoms with Gasteiger partial charge in [-0.05, 0) is 12.1 Å². The first-order valence-electron chi connectivity index (χ1n) is 4.78. The van der Waals surface area contributed by atoms with Crippen LogP contribution in [-0.2, 0) is 9.05 Å². The largest absolute Gasteiger partial charge is 0.330 e. The molecule has 96 valence electrons. The molecule has 0 aliphatic heterocycles. The van der Waals surface area contributed by atoms with E-state index in [1.807, 2.05) is 0 Å². The Labute approximate surface area is 108 Å². The molecule has 1 aromatic rings. The summed E-state index contributed by atoms with van der Waals surface area (Å²) in [6.07, 6.45) is 0.396. The lowest BCUT2D eigenvalue weighted by Gasteiger charge is -1.98. The normalized spacial score (nSPS) is 10.6. The van der Waals surface area contributed by atoms with E-state index < -0.39 is 19.7 Å². The van der Waals surface area contributed by atoms with Crippen LogP contribution < -0.4 is 5.73 Å². The lowest BCUT2D eigenvalue weighted by atomic mass is 10.2. The Morgan fingerprint density at radius 2 is 2.11 bits per heavy atom. The quantitative estimate of drug-likeness (QED) is 0.390. The van der Waals surface area contributed by atoms with Gasteiger partial charge in [0.25, 0.3) is 14.7 Å². The second kappa shape index (κ2) is 5.82. The zero-order chi connectivity index (χ0) is 13.8. The molecule has 2 N–H and O–H groups in total. The minimum Gasteiger partial charge on any atom is -0.330 e. The van der Waals surface area contributed by atoms with E-state index in [0.29, 0.717) is 13.0 Å². The maximum atomic E-state index is 11.1. The molecular formula is C10H9ClN2O4S. The lowest BCUT2D eigenvalue weighted by Crippen LogP contribution is -1.98. The van der Waals surface area contributed by atoms with Crippen LogP contribution in [0, 0.1) is 22.0 Å². The van der Waals surface area contributed by atoms with Crippen molar-refractivity contribution in [3.63, 3.8) is 0 Å². The summed E-state index contributed by atoms with van der Waals surface area (Å²) in [4.78, 5) is 9.77. The molecule has 8 heteroatoms. The fourth-order valence-corrected chi connectivity index (χ4v) is 1.92. The summed E-state index contributed by atoms with van der Waals surface area (Å²) in [7, 11) is 1.11. The van der Waals surface area contributed by atoms with E-state index in [1.54, 1.807) is 0 Å². The van der Waals surface area contributed by atoms with Crippen LogP contribution in [0.3, 0.4) is 0 Å². The van der Waals surface area contributed by atoms with Crippen molar-refractivity contribution in [2.24, 2.45) is 5.73 Å². The van der Waals surface area contributed by atoms with E-state index in [0.717, 1.165) is 6.07 Å². The maximum absolute atomic E-state index is 11.1. The van der Waals surface area contributed by atoms with Gasteiger partial charge in [0.05, 0.1) is 9.82 Å². The van der Waals surface area contributed by atoms with Crippen molar-refractivity contribution in [1.29, 1.82) is 0 Å². The van der Waals surface area contributed by atoms with Gasteiger partial charge in [0.15, 0.2) is 0 Å². The Morgan fingerprint density at radius 1 is 1.44 bits per heavy atom. The van der Waals surface area contributed by atoms with Crippen molar-refractivity contribution in [1.82, 2.24) is 0 Å². The second-order valence-electron chi connectivity index (χ2n) is 3.21. The molecule has 0 atom stereocenters. The van der Waals surface area contributed by atoms with Gasteiger partial charge < -0.3 is 5.73 Å². The van der Waals surface area contributed by atoms with Gasteiger partial charge in [-0.2, -0.15) is 0 Å². The molecule has 0 saturated heterocycles. The van der Waals surface area contributed by atoms with E-state index in [9.17, 15) is 18.5 Å². The number of hydrogen-bond acceptors (Lipinski definition) is 5. The highest BCUT2D eigenvalue weighted by molar-refractivity contribution is 8.13. The van der Waals surface area contributed by atoms with Crippen molar-refractivity contribution < 1.29 is 13.3 Å². The molecule has 0 heterocycles. The van der Waals surface area contributed by atoms with Crippen LogP contribution in [-0.4, -0.2) is 19.9 Å². The van der Waals surface area contributed by atoms with E-state index >= 15 is 0 Å². The molecule has 0 aliphatic rings. The van der Waals surface area contributed by atoms with Gasteiger partial charge in [-0.3, -0.25) is 10.1 Å². The van der Waals surface area contributed by atoms with Crippen LogP contribution in [0.4, 0.5) is 5.69 Å². The van der Waals surface area contributed by atoms with E-state index in [-0.39, 0.29) is 10.5 Å². The highest BCUT2D eigenvalue weighted by Crippen LogP contribution is 2.24. The van der Waals surface area contributed by atoms with E-state index in [1.165, 1.54) is 12.1 Å². The Bertz CT molecular complexity index is 631. The molecule has 0 unspecified atom stereocenters. The first-order chi connectivity index (χ1) is 8.36. The molecule has 0 spiro atoms. The fourth-order valence-electron chi connectivity index (χ4n) is 1.15. The average molecular weight is 289 g/mol. The highest BCUT2D eigenvalue weighted by Gasteiger charge is 2.18. The summed E-state index contributed by atoms with van der Waals surface area (Å²) < 4.78 is 22.1. The summed E-state index contributed by atoms with van der Waals surface area (Å²) in [6, 6.07) is 3.30. The van der Waals surface area contributed by atoms with Gasteiger partial charge >= 0.3 is 0 Å². The molecular weight excluding hydrogens is 280 g/mol. The van der Waals surface area contributed by atoms with Crippen molar-refractivity contribution in [3.8, 4) is 11.8 Å². The van der Waals surface area contributed by atoms with E-state index in [4.69, 9.17) is 16.4 Å². The summed E-state index contributed by atoms with van der Waals surface area (Å²) >= 11 is 0. The minimum atomic E-state index is -4.00. The Morgan fingerprint density at radius 3 is 2.61 bits per heavy atom. The molecule has 6 nitrogen and oxygen atoms in total. The summed E-state index contributed by atoms with van der Waals surface area (Å²) in [5.74, 6) is 5.21. The number of halogens is 1. The molecule has 18 heavy (non-hydrogen) atoms. The topological polar surface area (TPSA) is 103 Å². The van der Waals surface area contributed by atoms with Crippen molar-refractivity contribution in [2.75, 3.05) is 6.54 Å². The van der Waals surface area contributed by atoms with Crippen molar-refractivity contribution >= 4 is 25.4 Å². The minimum absolute atomic E-state index is 0.123.